The summed E-state index contributed by atoms with van der Waals surface area (Å²) < 4.78 is 2.18. The highest BCUT2D eigenvalue weighted by molar-refractivity contribution is 7.80. The van der Waals surface area contributed by atoms with Crippen molar-refractivity contribution in [1.82, 2.24) is 14.9 Å². The molecule has 27 heavy (non-hydrogen) atoms. The largest absolute Gasteiger partial charge is 0.506 e. The number of nitrogens with one attached hydrogen (secondary N) is 1. The minimum atomic E-state index is -0.112. The van der Waals surface area contributed by atoms with Gasteiger partial charge in [-0.15, -0.1) is 0 Å². The number of phenolic OH excluding ortho intramolecular Hbond substituents is 1. The molecule has 0 spiro atoms. The van der Waals surface area contributed by atoms with Crippen molar-refractivity contribution < 1.29 is 5.11 Å². The number of thiocarbonyl (C=S) groups is 1. The maximum atomic E-state index is 10.5. The Labute approximate surface area is 164 Å². The summed E-state index contributed by atoms with van der Waals surface area (Å²) >= 11 is 5.69. The molecule has 1 aliphatic heterocycles. The van der Waals surface area contributed by atoms with E-state index in [1.807, 2.05) is 41.3 Å². The second-order valence-corrected chi connectivity index (χ2v) is 7.26. The zero-order valence-electron chi connectivity index (χ0n) is 15.5. The molecule has 6 heteroatoms. The minimum Gasteiger partial charge on any atom is -0.506 e. The number of phenols is 1. The number of pyridine rings is 1. The van der Waals surface area contributed by atoms with Gasteiger partial charge in [0.25, 0.3) is 0 Å². The lowest BCUT2D eigenvalue weighted by Gasteiger charge is -2.28. The molecule has 2 N–H and O–H groups in total. The van der Waals surface area contributed by atoms with Crippen LogP contribution in [0.4, 0.5) is 5.69 Å². The van der Waals surface area contributed by atoms with Gasteiger partial charge in [0.15, 0.2) is 5.11 Å². The second kappa shape index (κ2) is 6.70. The number of rotatable bonds is 3. The Morgan fingerprint density at radius 1 is 1.11 bits per heavy atom. The van der Waals surface area contributed by atoms with Crippen LogP contribution in [0.3, 0.4) is 0 Å². The van der Waals surface area contributed by atoms with Crippen LogP contribution in [0.25, 0.3) is 0 Å². The van der Waals surface area contributed by atoms with Crippen molar-refractivity contribution in [3.05, 3.63) is 77.4 Å². The van der Waals surface area contributed by atoms with Crippen molar-refractivity contribution in [3.8, 4) is 5.75 Å². The molecule has 0 saturated carbocycles. The number of benzene rings is 1. The van der Waals surface area contributed by atoms with Gasteiger partial charge in [0.05, 0.1) is 23.5 Å². The molecule has 0 amide bonds. The van der Waals surface area contributed by atoms with Crippen molar-refractivity contribution in [2.45, 2.75) is 25.9 Å². The van der Waals surface area contributed by atoms with E-state index in [1.54, 1.807) is 12.3 Å². The lowest BCUT2D eigenvalue weighted by atomic mass is 9.96. The van der Waals surface area contributed by atoms with Crippen molar-refractivity contribution in [1.29, 1.82) is 0 Å². The van der Waals surface area contributed by atoms with Gasteiger partial charge in [-0.2, -0.15) is 0 Å². The summed E-state index contributed by atoms with van der Waals surface area (Å²) in [5, 5.41) is 14.5. The first-order chi connectivity index (χ1) is 13.0. The molecule has 0 unspecified atom stereocenters. The maximum Gasteiger partial charge on any atom is 0.174 e. The van der Waals surface area contributed by atoms with E-state index in [4.69, 9.17) is 12.2 Å². The number of aryl methyl sites for hydroxylation is 1. The van der Waals surface area contributed by atoms with Crippen molar-refractivity contribution >= 4 is 23.0 Å². The smallest absolute Gasteiger partial charge is 0.174 e. The van der Waals surface area contributed by atoms with Gasteiger partial charge in [0, 0.05) is 24.6 Å². The molecule has 3 aromatic rings. The first-order valence-electron chi connectivity index (χ1n) is 8.90. The van der Waals surface area contributed by atoms with E-state index in [0.29, 0.717) is 10.8 Å². The third-order valence-corrected chi connectivity index (χ3v) is 5.69. The third kappa shape index (κ3) is 2.86. The molecule has 138 valence electrons. The number of para-hydroxylation sites is 2. The average Bonchev–Trinajstić information content (AvgIpc) is 3.14. The molecule has 2 aromatic heterocycles. The minimum absolute atomic E-state index is 0.111. The van der Waals surface area contributed by atoms with Crippen molar-refractivity contribution in [2.24, 2.45) is 7.05 Å². The zero-order valence-corrected chi connectivity index (χ0v) is 16.4. The summed E-state index contributed by atoms with van der Waals surface area (Å²) in [6, 6.07) is 15.2. The molecule has 1 aromatic carbocycles. The molecular formula is C21H22N4OS. The van der Waals surface area contributed by atoms with Crippen molar-refractivity contribution in [2.75, 3.05) is 4.90 Å². The van der Waals surface area contributed by atoms with E-state index in [1.165, 1.54) is 17.0 Å². The highest BCUT2D eigenvalue weighted by Gasteiger charge is 2.42. The van der Waals surface area contributed by atoms with Crippen LogP contribution in [0.2, 0.25) is 0 Å². The van der Waals surface area contributed by atoms with Crippen LogP contribution in [-0.2, 0) is 7.05 Å². The van der Waals surface area contributed by atoms with Crippen LogP contribution in [0.5, 0.6) is 5.75 Å². The fraction of sp³-hybridized carbons (Fsp3) is 0.238. The summed E-state index contributed by atoms with van der Waals surface area (Å²) in [4.78, 5) is 6.57. The Hall–Kier alpha value is -2.86. The topological polar surface area (TPSA) is 53.3 Å². The quantitative estimate of drug-likeness (QED) is 0.677. The summed E-state index contributed by atoms with van der Waals surface area (Å²) in [6.45, 7) is 4.21. The number of aromatic hydroxyl groups is 1. The first kappa shape index (κ1) is 17.5. The number of hydrogen-bond acceptors (Lipinski definition) is 3. The normalized spacial score (nSPS) is 19.4. The summed E-state index contributed by atoms with van der Waals surface area (Å²) in [7, 11) is 2.06. The molecule has 4 rings (SSSR count). The van der Waals surface area contributed by atoms with E-state index >= 15 is 0 Å². The molecule has 2 atom stereocenters. The zero-order chi connectivity index (χ0) is 19.1. The molecule has 0 bridgehead atoms. The second-order valence-electron chi connectivity index (χ2n) is 6.87. The van der Waals surface area contributed by atoms with Gasteiger partial charge in [-0.3, -0.25) is 4.98 Å². The van der Waals surface area contributed by atoms with E-state index < -0.39 is 0 Å². The Kier molecular flexibility index (Phi) is 4.36. The highest BCUT2D eigenvalue weighted by Crippen LogP contribution is 2.45. The summed E-state index contributed by atoms with van der Waals surface area (Å²) in [6.07, 6.45) is 1.79. The molecule has 1 saturated heterocycles. The Balaban J connectivity index is 1.91. The van der Waals surface area contributed by atoms with E-state index in [2.05, 4.69) is 41.8 Å². The van der Waals surface area contributed by atoms with Crippen LogP contribution in [0.15, 0.2) is 54.7 Å². The van der Waals surface area contributed by atoms with Gasteiger partial charge in [-0.25, -0.2) is 0 Å². The SMILES string of the molecule is Cc1cc([C@@H]2[C@@H](c3ccccn3)NC(=S)N2c2ccccc2O)c(C)n1C. The number of aromatic nitrogens is 2. The molecule has 0 aliphatic carbocycles. The first-order valence-corrected chi connectivity index (χ1v) is 9.31. The highest BCUT2D eigenvalue weighted by atomic mass is 32.1. The van der Waals surface area contributed by atoms with Crippen LogP contribution >= 0.6 is 12.2 Å². The van der Waals surface area contributed by atoms with Gasteiger partial charge in [-0.05, 0) is 62.0 Å². The Morgan fingerprint density at radius 3 is 2.48 bits per heavy atom. The monoisotopic (exact) mass is 378 g/mol. The molecule has 1 fully saturated rings. The standard InChI is InChI=1S/C21H22N4OS/c1-13-12-15(14(2)24(13)3)20-19(16-8-6-7-11-22-16)23-21(27)25(20)17-9-4-5-10-18(17)26/h4-12,19-20,26H,1-3H3,(H,23,27)/t19-,20-/m1/s1. The van der Waals surface area contributed by atoms with Crippen LogP contribution in [0.1, 0.15) is 34.7 Å². The molecule has 1 aliphatic rings. The summed E-state index contributed by atoms with van der Waals surface area (Å²) in [5.41, 5.74) is 5.13. The van der Waals surface area contributed by atoms with Gasteiger partial charge in [-0.1, -0.05) is 18.2 Å². The Bertz CT molecular complexity index is 999. The summed E-state index contributed by atoms with van der Waals surface area (Å²) in [5.74, 6) is 0.207. The fourth-order valence-electron chi connectivity index (χ4n) is 3.78. The van der Waals surface area contributed by atoms with Crippen molar-refractivity contribution in [3.63, 3.8) is 0 Å². The molecule has 3 heterocycles. The van der Waals surface area contributed by atoms with Crippen LogP contribution in [-0.4, -0.2) is 19.8 Å². The van der Waals surface area contributed by atoms with Gasteiger partial charge in [0.1, 0.15) is 5.75 Å². The van der Waals surface area contributed by atoms with E-state index in [0.717, 1.165) is 5.69 Å². The molecule has 5 nitrogen and oxygen atoms in total. The van der Waals surface area contributed by atoms with E-state index in [-0.39, 0.29) is 17.8 Å². The molecule has 0 radical (unpaired) electrons. The predicted molar refractivity (Wildman–Crippen MR) is 111 cm³/mol. The van der Waals surface area contributed by atoms with Gasteiger partial charge < -0.3 is 19.9 Å². The fourth-order valence-corrected chi connectivity index (χ4v) is 4.12. The maximum absolute atomic E-state index is 10.5. The van der Waals surface area contributed by atoms with Crippen LogP contribution < -0.4 is 10.2 Å². The third-order valence-electron chi connectivity index (χ3n) is 5.37. The lowest BCUT2D eigenvalue weighted by molar-refractivity contribution is 0.472. The van der Waals surface area contributed by atoms with Gasteiger partial charge in [0.2, 0.25) is 0 Å². The average molecular weight is 379 g/mol. The lowest BCUT2D eigenvalue weighted by Crippen LogP contribution is -2.29. The van der Waals surface area contributed by atoms with E-state index in [9.17, 15) is 5.11 Å². The number of anilines is 1. The molecular weight excluding hydrogens is 356 g/mol. The Morgan fingerprint density at radius 2 is 1.85 bits per heavy atom. The van der Waals surface area contributed by atoms with Gasteiger partial charge >= 0.3 is 0 Å². The number of nitrogens with zero attached hydrogens (tertiary/aromatic N) is 3. The van der Waals surface area contributed by atoms with Crippen LogP contribution in [0, 0.1) is 13.8 Å². The predicted octanol–water partition coefficient (Wildman–Crippen LogP) is 3.92. The number of hydrogen-bond donors (Lipinski definition) is 2.